The summed E-state index contributed by atoms with van der Waals surface area (Å²) in [5.41, 5.74) is 6.37. The highest BCUT2D eigenvalue weighted by Gasteiger charge is 2.18. The van der Waals surface area contributed by atoms with E-state index in [2.05, 4.69) is 10.3 Å². The number of benzene rings is 1. The second kappa shape index (κ2) is 7.12. The predicted octanol–water partition coefficient (Wildman–Crippen LogP) is 1.71. The van der Waals surface area contributed by atoms with E-state index in [9.17, 15) is 19.2 Å². The van der Waals surface area contributed by atoms with Gasteiger partial charge in [0.15, 0.2) is 5.78 Å². The quantitative estimate of drug-likeness (QED) is 0.648. The van der Waals surface area contributed by atoms with Gasteiger partial charge in [-0.2, -0.15) is 0 Å². The van der Waals surface area contributed by atoms with E-state index >= 15 is 0 Å². The van der Waals surface area contributed by atoms with Crippen LogP contribution in [0, 0.1) is 6.92 Å². The van der Waals surface area contributed by atoms with Crippen LogP contribution in [0.5, 0.6) is 0 Å². The summed E-state index contributed by atoms with van der Waals surface area (Å²) in [7, 11) is 0. The number of anilines is 1. The summed E-state index contributed by atoms with van der Waals surface area (Å²) in [5.74, 6) is -1.10. The van der Waals surface area contributed by atoms with E-state index in [-0.39, 0.29) is 23.1 Å². The number of nitrogens with zero attached hydrogens (tertiary/aromatic N) is 2. The number of nitrogens with two attached hydrogens (primary N) is 1. The number of carbonyl (C=O) groups excluding carboxylic acids is 3. The summed E-state index contributed by atoms with van der Waals surface area (Å²) in [6.45, 7) is 2.84. The van der Waals surface area contributed by atoms with Gasteiger partial charge in [-0.15, -0.1) is 11.3 Å². The van der Waals surface area contributed by atoms with Crippen LogP contribution in [0.1, 0.15) is 32.5 Å². The molecule has 1 aromatic carbocycles. The van der Waals surface area contributed by atoms with Gasteiger partial charge in [-0.1, -0.05) is 0 Å². The van der Waals surface area contributed by atoms with Crippen molar-refractivity contribution in [3.63, 3.8) is 0 Å². The number of aromatic nitrogens is 2. The van der Waals surface area contributed by atoms with Crippen molar-refractivity contribution in [3.05, 3.63) is 57.0 Å². The van der Waals surface area contributed by atoms with Gasteiger partial charge in [0.1, 0.15) is 4.83 Å². The lowest BCUT2D eigenvalue weighted by Crippen LogP contribution is -2.24. The normalized spacial score (nSPS) is 10.7. The minimum absolute atomic E-state index is 0.192. The average molecular weight is 384 g/mol. The van der Waals surface area contributed by atoms with Gasteiger partial charge in [0.25, 0.3) is 11.5 Å². The molecule has 3 rings (SSSR count). The Bertz CT molecular complexity index is 1130. The Morgan fingerprint density at radius 2 is 1.89 bits per heavy atom. The second-order valence-electron chi connectivity index (χ2n) is 5.96. The molecule has 0 saturated heterocycles. The first-order valence-electron chi connectivity index (χ1n) is 7.97. The van der Waals surface area contributed by atoms with Crippen LogP contribution in [0.3, 0.4) is 0 Å². The fraction of sp³-hybridized carbons (Fsp3) is 0.167. The lowest BCUT2D eigenvalue weighted by Gasteiger charge is -2.06. The number of amides is 2. The molecule has 0 radical (unpaired) electrons. The van der Waals surface area contributed by atoms with Crippen molar-refractivity contribution in [3.8, 4) is 0 Å². The lowest BCUT2D eigenvalue weighted by atomic mass is 10.1. The van der Waals surface area contributed by atoms with Gasteiger partial charge in [0.2, 0.25) is 5.91 Å². The number of hydrogen-bond donors (Lipinski definition) is 2. The predicted molar refractivity (Wildman–Crippen MR) is 102 cm³/mol. The minimum atomic E-state index is -0.614. The zero-order valence-corrected chi connectivity index (χ0v) is 15.4. The number of carbonyl (C=O) groups is 3. The first-order chi connectivity index (χ1) is 12.8. The average Bonchev–Trinajstić information content (AvgIpc) is 2.95. The number of hydrogen-bond acceptors (Lipinski definition) is 6. The van der Waals surface area contributed by atoms with Gasteiger partial charge >= 0.3 is 0 Å². The first kappa shape index (κ1) is 18.5. The molecule has 0 saturated carbocycles. The highest BCUT2D eigenvalue weighted by molar-refractivity contribution is 7.20. The summed E-state index contributed by atoms with van der Waals surface area (Å²) in [5, 5.41) is 2.91. The number of Topliss-reactive ketones (excluding diaryl/α,β-unsaturated/α-hetero) is 1. The van der Waals surface area contributed by atoms with Crippen LogP contribution in [0.25, 0.3) is 10.2 Å². The number of thiophene rings is 1. The summed E-state index contributed by atoms with van der Waals surface area (Å²) in [4.78, 5) is 52.6. The van der Waals surface area contributed by atoms with Crippen LogP contribution < -0.4 is 16.6 Å². The molecule has 0 aliphatic carbocycles. The fourth-order valence-electron chi connectivity index (χ4n) is 2.70. The van der Waals surface area contributed by atoms with Crippen molar-refractivity contribution in [1.29, 1.82) is 0 Å². The monoisotopic (exact) mass is 384 g/mol. The standard InChI is InChI=1S/C18H16N4O4S/c1-9-14-17(27-15(9)16(19)25)20-8-22(18(14)26)7-13(24)11-3-5-12(6-4-11)21-10(2)23/h3-6,8H,7H2,1-2H3,(H2,19,25)(H,21,23). The maximum atomic E-state index is 12.7. The topological polar surface area (TPSA) is 124 Å². The third-order valence-electron chi connectivity index (χ3n) is 3.98. The second-order valence-corrected chi connectivity index (χ2v) is 6.96. The van der Waals surface area contributed by atoms with E-state index in [1.54, 1.807) is 31.2 Å². The van der Waals surface area contributed by atoms with Crippen LogP contribution in [0.15, 0.2) is 35.4 Å². The Kier molecular flexibility index (Phi) is 4.87. The summed E-state index contributed by atoms with van der Waals surface area (Å²) in [6, 6.07) is 6.37. The summed E-state index contributed by atoms with van der Waals surface area (Å²) >= 11 is 1.06. The lowest BCUT2D eigenvalue weighted by molar-refractivity contribution is -0.114. The van der Waals surface area contributed by atoms with Crippen LogP contribution in [-0.4, -0.2) is 27.1 Å². The zero-order valence-electron chi connectivity index (χ0n) is 14.6. The minimum Gasteiger partial charge on any atom is -0.365 e. The molecule has 2 amide bonds. The highest BCUT2D eigenvalue weighted by Crippen LogP contribution is 2.26. The van der Waals surface area contributed by atoms with E-state index in [4.69, 9.17) is 5.73 Å². The van der Waals surface area contributed by atoms with Crippen LogP contribution in [0.4, 0.5) is 5.69 Å². The smallest absolute Gasteiger partial charge is 0.262 e. The van der Waals surface area contributed by atoms with Gasteiger partial charge in [-0.25, -0.2) is 4.98 Å². The molecule has 0 aliphatic heterocycles. The van der Waals surface area contributed by atoms with Crippen molar-refractivity contribution < 1.29 is 14.4 Å². The molecule has 8 nitrogen and oxygen atoms in total. The van der Waals surface area contributed by atoms with Gasteiger partial charge in [0.05, 0.1) is 23.1 Å². The molecule has 3 N–H and O–H groups in total. The highest BCUT2D eigenvalue weighted by atomic mass is 32.1. The molecule has 0 spiro atoms. The van der Waals surface area contributed by atoms with E-state index in [0.29, 0.717) is 27.0 Å². The Morgan fingerprint density at radius 3 is 2.48 bits per heavy atom. The fourth-order valence-corrected chi connectivity index (χ4v) is 3.69. The Balaban J connectivity index is 1.90. The molecule has 0 fully saturated rings. The van der Waals surface area contributed by atoms with Crippen molar-refractivity contribution >= 4 is 44.8 Å². The first-order valence-corrected chi connectivity index (χ1v) is 8.78. The molecule has 0 aliphatic rings. The van der Waals surface area contributed by atoms with Crippen molar-refractivity contribution in [1.82, 2.24) is 9.55 Å². The van der Waals surface area contributed by atoms with E-state index < -0.39 is 11.5 Å². The van der Waals surface area contributed by atoms with Gasteiger partial charge < -0.3 is 11.1 Å². The number of fused-ring (bicyclic) bond motifs is 1. The Morgan fingerprint density at radius 1 is 1.22 bits per heavy atom. The molecule has 2 aromatic heterocycles. The molecule has 138 valence electrons. The SMILES string of the molecule is CC(=O)Nc1ccc(C(=O)Cn2cnc3sc(C(N)=O)c(C)c3c2=O)cc1. The largest absolute Gasteiger partial charge is 0.365 e. The van der Waals surface area contributed by atoms with Crippen molar-refractivity contribution in [2.45, 2.75) is 20.4 Å². The van der Waals surface area contributed by atoms with Gasteiger partial charge in [0, 0.05) is 18.2 Å². The molecule has 9 heteroatoms. The number of rotatable bonds is 5. The number of nitrogens with one attached hydrogen (secondary N) is 1. The third-order valence-corrected chi connectivity index (χ3v) is 5.20. The Labute approximate surface area is 157 Å². The van der Waals surface area contributed by atoms with E-state index in [1.165, 1.54) is 17.8 Å². The summed E-state index contributed by atoms with van der Waals surface area (Å²) in [6.07, 6.45) is 1.29. The third kappa shape index (κ3) is 3.63. The molecule has 3 aromatic rings. The van der Waals surface area contributed by atoms with Crippen LogP contribution in [-0.2, 0) is 11.3 Å². The zero-order chi connectivity index (χ0) is 19.7. The van der Waals surface area contributed by atoms with Crippen LogP contribution in [0.2, 0.25) is 0 Å². The summed E-state index contributed by atoms with van der Waals surface area (Å²) < 4.78 is 1.21. The van der Waals surface area contributed by atoms with E-state index in [1.807, 2.05) is 0 Å². The number of primary amides is 1. The number of ketones is 1. The number of aryl methyl sites for hydroxylation is 1. The molecule has 0 unspecified atom stereocenters. The van der Waals surface area contributed by atoms with Crippen LogP contribution >= 0.6 is 11.3 Å². The maximum Gasteiger partial charge on any atom is 0.262 e. The molecular formula is C18H16N4O4S. The molecule has 0 bridgehead atoms. The molecule has 27 heavy (non-hydrogen) atoms. The molecule has 2 heterocycles. The van der Waals surface area contributed by atoms with Crippen molar-refractivity contribution in [2.75, 3.05) is 5.32 Å². The van der Waals surface area contributed by atoms with Crippen molar-refractivity contribution in [2.24, 2.45) is 5.73 Å². The van der Waals surface area contributed by atoms with E-state index in [0.717, 1.165) is 11.3 Å². The Hall–Kier alpha value is -3.33. The molecule has 0 atom stereocenters. The molecular weight excluding hydrogens is 368 g/mol. The maximum absolute atomic E-state index is 12.7. The van der Waals surface area contributed by atoms with Gasteiger partial charge in [-0.3, -0.25) is 23.7 Å². The van der Waals surface area contributed by atoms with Gasteiger partial charge in [-0.05, 0) is 36.8 Å².